The zero-order valence-electron chi connectivity index (χ0n) is 14.0. The van der Waals surface area contributed by atoms with Gasteiger partial charge in [0.15, 0.2) is 6.61 Å². The van der Waals surface area contributed by atoms with Gasteiger partial charge < -0.3 is 15.4 Å². The monoisotopic (exact) mass is 350 g/mol. The minimum atomic E-state index is -0.712. The number of carbonyl (C=O) groups is 3. The Kier molecular flexibility index (Phi) is 6.95. The maximum absolute atomic E-state index is 12.2. The third-order valence-electron chi connectivity index (χ3n) is 3.35. The molecule has 0 spiro atoms. The average Bonchev–Trinajstić information content (AvgIpc) is 2.65. The summed E-state index contributed by atoms with van der Waals surface area (Å²) in [6, 6.07) is 15.7. The van der Waals surface area contributed by atoms with Gasteiger partial charge in [0, 0.05) is 0 Å². The molecule has 0 aliphatic heterocycles. The lowest BCUT2D eigenvalue weighted by atomic mass is 10.1. The van der Waals surface area contributed by atoms with Crippen molar-refractivity contribution in [3.8, 4) is 12.3 Å². The highest BCUT2D eigenvalue weighted by atomic mass is 16.5. The Morgan fingerprint density at radius 2 is 1.65 bits per heavy atom. The van der Waals surface area contributed by atoms with Crippen molar-refractivity contribution in [3.63, 3.8) is 0 Å². The van der Waals surface area contributed by atoms with E-state index in [-0.39, 0.29) is 24.4 Å². The van der Waals surface area contributed by atoms with Crippen LogP contribution in [0.1, 0.15) is 15.9 Å². The van der Waals surface area contributed by atoms with Crippen molar-refractivity contribution < 1.29 is 19.1 Å². The number of terminal acetylenes is 1. The molecule has 2 N–H and O–H groups in total. The smallest absolute Gasteiger partial charge is 0.340 e. The van der Waals surface area contributed by atoms with Crippen LogP contribution < -0.4 is 10.6 Å². The number of para-hydroxylation sites is 1. The first-order chi connectivity index (χ1) is 12.6. The van der Waals surface area contributed by atoms with Crippen LogP contribution in [0.25, 0.3) is 0 Å². The molecule has 0 aliphatic rings. The minimum Gasteiger partial charge on any atom is -0.452 e. The maximum atomic E-state index is 12.2. The second-order valence-corrected chi connectivity index (χ2v) is 5.31. The number of nitrogens with one attached hydrogen (secondary N) is 2. The van der Waals surface area contributed by atoms with E-state index < -0.39 is 18.5 Å². The normalized spacial score (nSPS) is 9.65. The molecule has 6 heteroatoms. The summed E-state index contributed by atoms with van der Waals surface area (Å²) >= 11 is 0. The summed E-state index contributed by atoms with van der Waals surface area (Å²) in [4.78, 5) is 35.8. The molecule has 0 atom stereocenters. The number of anilines is 1. The number of benzene rings is 2. The number of amides is 2. The van der Waals surface area contributed by atoms with Gasteiger partial charge in [-0.05, 0) is 17.7 Å². The van der Waals surface area contributed by atoms with Gasteiger partial charge >= 0.3 is 5.97 Å². The molecule has 0 radical (unpaired) electrons. The van der Waals surface area contributed by atoms with Crippen LogP contribution in [-0.2, 0) is 20.7 Å². The highest BCUT2D eigenvalue weighted by molar-refractivity contribution is 6.02. The fourth-order valence-corrected chi connectivity index (χ4v) is 2.16. The predicted octanol–water partition coefficient (Wildman–Crippen LogP) is 1.77. The summed E-state index contributed by atoms with van der Waals surface area (Å²) in [7, 11) is 0. The first-order valence-electron chi connectivity index (χ1n) is 7.90. The molecule has 0 bridgehead atoms. The SMILES string of the molecule is C#CCNC(=O)COC(=O)c1ccccc1NC(=O)Cc1ccccc1. The van der Waals surface area contributed by atoms with E-state index in [1.807, 2.05) is 30.3 Å². The lowest BCUT2D eigenvalue weighted by Crippen LogP contribution is -2.29. The fraction of sp³-hybridized carbons (Fsp3) is 0.150. The number of ether oxygens (including phenoxy) is 1. The van der Waals surface area contributed by atoms with Crippen LogP contribution in [0.5, 0.6) is 0 Å². The fourth-order valence-electron chi connectivity index (χ4n) is 2.16. The molecule has 0 saturated heterocycles. The third-order valence-corrected chi connectivity index (χ3v) is 3.35. The van der Waals surface area contributed by atoms with Crippen molar-refractivity contribution in [1.82, 2.24) is 5.32 Å². The zero-order valence-corrected chi connectivity index (χ0v) is 14.0. The second-order valence-electron chi connectivity index (χ2n) is 5.31. The Morgan fingerprint density at radius 1 is 0.962 bits per heavy atom. The maximum Gasteiger partial charge on any atom is 0.340 e. The first kappa shape index (κ1) is 18.7. The molecular weight excluding hydrogens is 332 g/mol. The molecule has 0 unspecified atom stereocenters. The summed E-state index contributed by atoms with van der Waals surface area (Å²) in [6.07, 6.45) is 5.21. The van der Waals surface area contributed by atoms with Crippen molar-refractivity contribution in [3.05, 3.63) is 65.7 Å². The van der Waals surface area contributed by atoms with Gasteiger partial charge in [0.1, 0.15) is 0 Å². The van der Waals surface area contributed by atoms with E-state index in [0.717, 1.165) is 5.56 Å². The summed E-state index contributed by atoms with van der Waals surface area (Å²) in [5.41, 5.74) is 1.34. The Bertz CT molecular complexity index is 825. The Balaban J connectivity index is 1.98. The number of hydrogen-bond acceptors (Lipinski definition) is 4. The number of rotatable bonds is 7. The summed E-state index contributed by atoms with van der Waals surface area (Å²) in [5, 5.41) is 5.09. The first-order valence-corrected chi connectivity index (χ1v) is 7.90. The molecule has 0 aliphatic carbocycles. The Labute approximate surface area is 151 Å². The number of hydrogen-bond donors (Lipinski definition) is 2. The van der Waals surface area contributed by atoms with Crippen LogP contribution in [0, 0.1) is 12.3 Å². The van der Waals surface area contributed by atoms with Gasteiger partial charge in [-0.1, -0.05) is 48.4 Å². The molecular formula is C20H18N2O4. The molecule has 132 valence electrons. The Hall–Kier alpha value is -3.59. The van der Waals surface area contributed by atoms with E-state index >= 15 is 0 Å². The second kappa shape index (κ2) is 9.64. The quantitative estimate of drug-likeness (QED) is 0.589. The molecule has 0 saturated carbocycles. The van der Waals surface area contributed by atoms with E-state index in [0.29, 0.717) is 5.69 Å². The molecule has 0 heterocycles. The summed E-state index contributed by atoms with van der Waals surface area (Å²) in [5.74, 6) is 0.778. The molecule has 6 nitrogen and oxygen atoms in total. The zero-order chi connectivity index (χ0) is 18.8. The van der Waals surface area contributed by atoms with Gasteiger partial charge in [-0.2, -0.15) is 0 Å². The third kappa shape index (κ3) is 5.80. The van der Waals surface area contributed by atoms with Crippen LogP contribution >= 0.6 is 0 Å². The van der Waals surface area contributed by atoms with Gasteiger partial charge in [-0.3, -0.25) is 9.59 Å². The molecule has 2 rings (SSSR count). The van der Waals surface area contributed by atoms with Gasteiger partial charge in [0.25, 0.3) is 5.91 Å². The van der Waals surface area contributed by atoms with Crippen LogP contribution in [0.2, 0.25) is 0 Å². The lowest BCUT2D eigenvalue weighted by Gasteiger charge is -2.11. The van der Waals surface area contributed by atoms with Crippen molar-refractivity contribution >= 4 is 23.5 Å². The van der Waals surface area contributed by atoms with Crippen molar-refractivity contribution in [2.75, 3.05) is 18.5 Å². The van der Waals surface area contributed by atoms with E-state index in [1.165, 1.54) is 6.07 Å². The highest BCUT2D eigenvalue weighted by Gasteiger charge is 2.15. The van der Waals surface area contributed by atoms with E-state index in [1.54, 1.807) is 18.2 Å². The van der Waals surface area contributed by atoms with Crippen molar-refractivity contribution in [1.29, 1.82) is 0 Å². The molecule has 2 amide bonds. The standard InChI is InChI=1S/C20H18N2O4/c1-2-12-21-19(24)14-26-20(25)16-10-6-7-11-17(16)22-18(23)13-15-8-4-3-5-9-15/h1,3-11H,12-14H2,(H,21,24)(H,22,23). The molecule has 2 aromatic carbocycles. The summed E-state index contributed by atoms with van der Waals surface area (Å²) in [6.45, 7) is -0.394. The highest BCUT2D eigenvalue weighted by Crippen LogP contribution is 2.16. The largest absolute Gasteiger partial charge is 0.452 e. The molecule has 0 fully saturated rings. The van der Waals surface area contributed by atoms with Gasteiger partial charge in [-0.25, -0.2) is 4.79 Å². The number of carbonyl (C=O) groups excluding carboxylic acids is 3. The number of esters is 1. The van der Waals surface area contributed by atoms with Crippen LogP contribution in [0.15, 0.2) is 54.6 Å². The van der Waals surface area contributed by atoms with Crippen LogP contribution in [0.4, 0.5) is 5.69 Å². The van der Waals surface area contributed by atoms with E-state index in [2.05, 4.69) is 16.6 Å². The van der Waals surface area contributed by atoms with Crippen molar-refractivity contribution in [2.45, 2.75) is 6.42 Å². The van der Waals surface area contributed by atoms with Gasteiger partial charge in [0.2, 0.25) is 5.91 Å². The van der Waals surface area contributed by atoms with E-state index in [9.17, 15) is 14.4 Å². The molecule has 0 aromatic heterocycles. The minimum absolute atomic E-state index is 0.0580. The van der Waals surface area contributed by atoms with E-state index in [4.69, 9.17) is 11.2 Å². The van der Waals surface area contributed by atoms with Crippen LogP contribution in [0.3, 0.4) is 0 Å². The Morgan fingerprint density at radius 3 is 2.38 bits per heavy atom. The lowest BCUT2D eigenvalue weighted by molar-refractivity contribution is -0.124. The molecule has 2 aromatic rings. The van der Waals surface area contributed by atoms with Crippen LogP contribution in [-0.4, -0.2) is 30.9 Å². The van der Waals surface area contributed by atoms with Gasteiger partial charge in [-0.15, -0.1) is 6.42 Å². The van der Waals surface area contributed by atoms with Crippen molar-refractivity contribution in [2.24, 2.45) is 0 Å². The summed E-state index contributed by atoms with van der Waals surface area (Å²) < 4.78 is 4.96. The topological polar surface area (TPSA) is 84.5 Å². The van der Waals surface area contributed by atoms with Gasteiger partial charge in [0.05, 0.1) is 24.2 Å². The predicted molar refractivity (Wildman–Crippen MR) is 97.3 cm³/mol. The molecule has 26 heavy (non-hydrogen) atoms. The average molecular weight is 350 g/mol.